The fourth-order valence-corrected chi connectivity index (χ4v) is 7.54. The van der Waals surface area contributed by atoms with Gasteiger partial charge in [0.25, 0.3) is 0 Å². The number of anilines is 3. The number of aryl methyl sites for hydroxylation is 1. The third-order valence-corrected chi connectivity index (χ3v) is 8.78. The molecule has 1 N–H and O–H groups in total. The molecule has 0 amide bonds. The first-order chi connectivity index (χ1) is 14.9. The van der Waals surface area contributed by atoms with E-state index < -0.39 is 11.0 Å². The summed E-state index contributed by atoms with van der Waals surface area (Å²) in [6, 6.07) is 13.2. The highest BCUT2D eigenvalue weighted by molar-refractivity contribution is 8.29. The molecular weight excluding hydrogens is 462 g/mol. The number of hydrogen-bond donors (Lipinski definition) is 1. The Bertz CT molecular complexity index is 926. The van der Waals surface area contributed by atoms with Gasteiger partial charge in [-0.3, -0.25) is 4.90 Å². The highest BCUT2D eigenvalue weighted by Crippen LogP contribution is 2.71. The SMILES string of the molecule is Cc1cc(F)ccc1N1c2ccccc2N(CCN2C[C@@H](C)N[C@@H](C)C2)S1(OCl)OCl. The predicted octanol–water partition coefficient (Wildman–Crippen LogP) is 5.58. The zero-order valence-electron chi connectivity index (χ0n) is 17.7. The summed E-state index contributed by atoms with van der Waals surface area (Å²) in [5, 5.41) is 3.55. The number of nitrogens with zero attached hydrogens (tertiary/aromatic N) is 3. The quantitative estimate of drug-likeness (QED) is 0.572. The van der Waals surface area contributed by atoms with E-state index in [9.17, 15) is 4.39 Å². The Kier molecular flexibility index (Phi) is 6.88. The van der Waals surface area contributed by atoms with E-state index in [0.29, 0.717) is 18.6 Å². The molecule has 0 aliphatic carbocycles. The van der Waals surface area contributed by atoms with Crippen LogP contribution in [0.5, 0.6) is 0 Å². The zero-order chi connectivity index (χ0) is 22.2. The summed E-state index contributed by atoms with van der Waals surface area (Å²) in [7, 11) is -2.76. The number of nitrogens with one attached hydrogen (secondary N) is 1. The average molecular weight is 489 g/mol. The van der Waals surface area contributed by atoms with Crippen LogP contribution in [0, 0.1) is 12.7 Å². The Labute approximate surface area is 195 Å². The van der Waals surface area contributed by atoms with Crippen LogP contribution in [0.15, 0.2) is 42.5 Å². The van der Waals surface area contributed by atoms with Crippen LogP contribution < -0.4 is 13.9 Å². The van der Waals surface area contributed by atoms with Gasteiger partial charge in [0.1, 0.15) is 5.82 Å². The van der Waals surface area contributed by atoms with Crippen LogP contribution in [0.2, 0.25) is 0 Å². The largest absolute Gasteiger partial charge is 0.309 e. The lowest BCUT2D eigenvalue weighted by atomic mass is 10.1. The van der Waals surface area contributed by atoms with E-state index in [2.05, 4.69) is 24.1 Å². The number of para-hydroxylation sites is 2. The lowest BCUT2D eigenvalue weighted by molar-refractivity contribution is 0.178. The fourth-order valence-electron chi connectivity index (χ4n) is 4.52. The molecule has 10 heteroatoms. The number of rotatable bonds is 6. The van der Waals surface area contributed by atoms with Gasteiger partial charge in [-0.15, -0.1) is 7.47 Å². The van der Waals surface area contributed by atoms with Crippen molar-refractivity contribution in [3.05, 3.63) is 53.8 Å². The topological polar surface area (TPSA) is 40.2 Å². The van der Waals surface area contributed by atoms with Crippen LogP contribution in [0.1, 0.15) is 19.4 Å². The molecule has 0 radical (unpaired) electrons. The minimum Gasteiger partial charge on any atom is -0.309 e. The molecule has 2 atom stereocenters. The van der Waals surface area contributed by atoms with Crippen molar-refractivity contribution in [2.24, 2.45) is 0 Å². The molecule has 4 rings (SSSR count). The van der Waals surface area contributed by atoms with Gasteiger partial charge in [-0.1, -0.05) is 12.1 Å². The minimum atomic E-state index is -2.76. The Hall–Kier alpha value is -1.26. The van der Waals surface area contributed by atoms with Gasteiger partial charge in [0, 0.05) is 42.7 Å². The average Bonchev–Trinajstić information content (AvgIpc) is 3.01. The Morgan fingerprint density at radius 1 is 1.00 bits per heavy atom. The molecule has 2 aliphatic heterocycles. The van der Waals surface area contributed by atoms with Crippen LogP contribution in [0.4, 0.5) is 21.5 Å². The van der Waals surface area contributed by atoms with Crippen molar-refractivity contribution in [2.75, 3.05) is 34.8 Å². The maximum Gasteiger partial charge on any atom is 0.123 e. The summed E-state index contributed by atoms with van der Waals surface area (Å²) in [5.41, 5.74) is 3.19. The van der Waals surface area contributed by atoms with Crippen molar-refractivity contribution >= 4 is 51.8 Å². The Morgan fingerprint density at radius 2 is 1.65 bits per heavy atom. The Balaban J connectivity index is 1.71. The molecule has 1 saturated heterocycles. The van der Waals surface area contributed by atoms with Gasteiger partial charge >= 0.3 is 0 Å². The molecule has 0 spiro atoms. The fraction of sp³-hybridized carbons (Fsp3) is 0.429. The molecule has 0 unspecified atom stereocenters. The molecule has 6 nitrogen and oxygen atoms in total. The van der Waals surface area contributed by atoms with Crippen LogP contribution in [-0.4, -0.2) is 43.2 Å². The maximum absolute atomic E-state index is 13.8. The summed E-state index contributed by atoms with van der Waals surface area (Å²) >= 11 is 12.2. The predicted molar refractivity (Wildman–Crippen MR) is 127 cm³/mol. The van der Waals surface area contributed by atoms with Crippen molar-refractivity contribution in [2.45, 2.75) is 32.9 Å². The number of halogens is 3. The van der Waals surface area contributed by atoms with Crippen molar-refractivity contribution in [3.8, 4) is 0 Å². The van der Waals surface area contributed by atoms with Gasteiger partial charge in [0.15, 0.2) is 0 Å². The van der Waals surface area contributed by atoms with Crippen LogP contribution in [0.25, 0.3) is 0 Å². The number of piperazine rings is 1. The van der Waals surface area contributed by atoms with E-state index >= 15 is 0 Å². The van der Waals surface area contributed by atoms with Gasteiger partial charge in [0.05, 0.1) is 47.3 Å². The lowest BCUT2D eigenvalue weighted by Gasteiger charge is -2.47. The first-order valence-corrected chi connectivity index (χ1v) is 12.3. The van der Waals surface area contributed by atoms with E-state index in [0.717, 1.165) is 42.3 Å². The summed E-state index contributed by atoms with van der Waals surface area (Å²) in [4.78, 5) is 2.41. The first-order valence-electron chi connectivity index (χ1n) is 10.2. The second-order valence-corrected chi connectivity index (χ2v) is 10.8. The Morgan fingerprint density at radius 3 is 2.26 bits per heavy atom. The van der Waals surface area contributed by atoms with Gasteiger partial charge in [-0.25, -0.2) is 13.0 Å². The highest BCUT2D eigenvalue weighted by Gasteiger charge is 2.47. The summed E-state index contributed by atoms with van der Waals surface area (Å²) in [6.07, 6.45) is 0. The minimum absolute atomic E-state index is 0.313. The highest BCUT2D eigenvalue weighted by atomic mass is 35.5. The normalized spacial score (nSPS) is 24.3. The molecule has 0 aromatic heterocycles. The summed E-state index contributed by atoms with van der Waals surface area (Å²) < 4.78 is 28.7. The smallest absolute Gasteiger partial charge is 0.123 e. The van der Waals surface area contributed by atoms with Crippen molar-refractivity contribution in [3.63, 3.8) is 0 Å². The van der Waals surface area contributed by atoms with Crippen molar-refractivity contribution < 1.29 is 11.9 Å². The molecule has 0 bridgehead atoms. The maximum atomic E-state index is 13.8. The number of hydrogen-bond acceptors (Lipinski definition) is 6. The van der Waals surface area contributed by atoms with Gasteiger partial charge < -0.3 is 5.32 Å². The molecule has 2 aromatic rings. The number of benzene rings is 2. The van der Waals surface area contributed by atoms with Crippen LogP contribution >= 0.6 is 34.7 Å². The summed E-state index contributed by atoms with van der Waals surface area (Å²) in [5.74, 6) is -0.313. The molecule has 170 valence electrons. The van der Waals surface area contributed by atoms with Crippen LogP contribution in [0.3, 0.4) is 0 Å². The molecule has 31 heavy (non-hydrogen) atoms. The number of fused-ring (bicyclic) bond motifs is 1. The van der Waals surface area contributed by atoms with E-state index in [1.807, 2.05) is 39.8 Å². The molecule has 2 aromatic carbocycles. The molecule has 1 fully saturated rings. The monoisotopic (exact) mass is 488 g/mol. The molecule has 2 aliphatic rings. The van der Waals surface area contributed by atoms with E-state index in [1.165, 1.54) is 12.1 Å². The van der Waals surface area contributed by atoms with E-state index in [4.69, 9.17) is 31.2 Å². The molecular formula is C21H27Cl2FN4O2S. The first kappa shape index (κ1) is 22.9. The van der Waals surface area contributed by atoms with Gasteiger partial charge in [-0.05, 0) is 56.7 Å². The van der Waals surface area contributed by atoms with Crippen LogP contribution in [-0.2, 0) is 7.47 Å². The van der Waals surface area contributed by atoms with Gasteiger partial charge in [-0.2, -0.15) is 0 Å². The van der Waals surface area contributed by atoms with Crippen molar-refractivity contribution in [1.29, 1.82) is 0 Å². The molecule has 2 heterocycles. The second kappa shape index (κ2) is 9.31. The third-order valence-electron chi connectivity index (χ3n) is 5.67. The second-order valence-electron chi connectivity index (χ2n) is 8.12. The van der Waals surface area contributed by atoms with Gasteiger partial charge in [0.2, 0.25) is 0 Å². The zero-order valence-corrected chi connectivity index (χ0v) is 20.1. The lowest BCUT2D eigenvalue weighted by Crippen LogP contribution is -2.55. The molecule has 0 saturated carbocycles. The standard InChI is InChI=1S/C21H27Cl2FN4O2S/c1-15-12-18(24)8-9-19(15)28-21-7-5-4-6-20(21)27(31(28,29-22)30-23)11-10-26-13-16(2)25-17(3)14-26/h4-9,12,16-17,25H,10-11,13-14H2,1-3H3/t16-,17+. The third kappa shape index (κ3) is 4.23. The van der Waals surface area contributed by atoms with E-state index in [-0.39, 0.29) is 5.82 Å². The summed E-state index contributed by atoms with van der Waals surface area (Å²) in [6.45, 7) is 9.50. The van der Waals surface area contributed by atoms with Crippen molar-refractivity contribution in [1.82, 2.24) is 10.2 Å². The van der Waals surface area contributed by atoms with E-state index in [1.54, 1.807) is 6.07 Å².